The molecule has 3 fully saturated rings. The van der Waals surface area contributed by atoms with E-state index in [9.17, 15) is 14.4 Å². The Morgan fingerprint density at radius 2 is 1.34 bits per heavy atom. The second-order valence-corrected chi connectivity index (χ2v) is 12.9. The zero-order valence-corrected chi connectivity index (χ0v) is 29.8. The van der Waals surface area contributed by atoms with Gasteiger partial charge in [0.2, 0.25) is 11.6 Å². The average molecular weight is 709 g/mol. The molecule has 4 aliphatic heterocycles. The molecule has 1 aromatic rings. The number of ether oxygens (including phenoxy) is 12. The van der Waals surface area contributed by atoms with E-state index < -0.39 is 97.3 Å². The van der Waals surface area contributed by atoms with Crippen LogP contribution in [0.3, 0.4) is 0 Å². The van der Waals surface area contributed by atoms with E-state index in [2.05, 4.69) is 0 Å². The van der Waals surface area contributed by atoms with Gasteiger partial charge in [-0.05, 0) is 52.3 Å². The van der Waals surface area contributed by atoms with Crippen molar-refractivity contribution < 1.29 is 71.2 Å². The van der Waals surface area contributed by atoms with Crippen LogP contribution in [0, 0.1) is 0 Å². The van der Waals surface area contributed by atoms with Gasteiger partial charge >= 0.3 is 11.9 Å². The second kappa shape index (κ2) is 15.8. The number of carbonyl (C=O) groups excluding carboxylic acids is 3. The number of esters is 2. The molecule has 278 valence electrons. The van der Waals surface area contributed by atoms with Crippen LogP contribution in [0.4, 0.5) is 0 Å². The number of hydrogen-bond acceptors (Lipinski definition) is 15. The van der Waals surface area contributed by atoms with Crippen molar-refractivity contribution in [1.29, 1.82) is 0 Å². The van der Waals surface area contributed by atoms with Crippen LogP contribution in [-0.4, -0.2) is 117 Å². The van der Waals surface area contributed by atoms with Gasteiger partial charge in [0.15, 0.2) is 36.9 Å². The largest absolute Gasteiger partial charge is 0.457 e. The Hall–Kier alpha value is -2.83. The molecular formula is C35H48O15. The fourth-order valence-corrected chi connectivity index (χ4v) is 6.42. The lowest BCUT2D eigenvalue weighted by Gasteiger charge is -2.57. The summed E-state index contributed by atoms with van der Waals surface area (Å²) in [6, 6.07) is 9.50. The smallest absolute Gasteiger partial charge is 0.303 e. The SMILES string of the molecule is CO[C@]1(C)O[C@@H]2[C@@H](O[C@@]1(C)OC)[C@H](C)O[C@@H](OCc1ccccc1)[C@@H]2O[C@@H]1O[C@@H](C)[C@H](OC(C)=O)[C@@H](O[C@H]2C=CC(=O)[C@H](C)O2)[C@H]1OC(C)=O. The van der Waals surface area contributed by atoms with Crippen molar-refractivity contribution in [2.24, 2.45) is 0 Å². The van der Waals surface area contributed by atoms with Gasteiger partial charge in [-0.2, -0.15) is 0 Å². The van der Waals surface area contributed by atoms with Crippen LogP contribution in [0.1, 0.15) is 54.0 Å². The normalized spacial score (nSPS) is 41.7. The average Bonchev–Trinajstić information content (AvgIpc) is 3.07. The topological polar surface area (TPSA) is 162 Å². The fraction of sp³-hybridized carbons (Fsp3) is 0.686. The summed E-state index contributed by atoms with van der Waals surface area (Å²) in [5.41, 5.74) is 0.880. The van der Waals surface area contributed by atoms with Crippen LogP contribution in [0.5, 0.6) is 0 Å². The van der Waals surface area contributed by atoms with Crippen molar-refractivity contribution in [3.63, 3.8) is 0 Å². The van der Waals surface area contributed by atoms with Gasteiger partial charge in [0, 0.05) is 28.1 Å². The Labute approximate surface area is 291 Å². The predicted octanol–water partition coefficient (Wildman–Crippen LogP) is 2.71. The van der Waals surface area contributed by atoms with Crippen LogP contribution in [0.15, 0.2) is 42.5 Å². The first-order valence-corrected chi connectivity index (χ1v) is 16.6. The number of methoxy groups -OCH3 is 2. The van der Waals surface area contributed by atoms with E-state index in [1.54, 1.807) is 27.7 Å². The minimum atomic E-state index is -1.42. The lowest BCUT2D eigenvalue weighted by Crippen LogP contribution is -2.73. The van der Waals surface area contributed by atoms with Gasteiger partial charge in [-0.3, -0.25) is 14.4 Å². The molecule has 0 aliphatic carbocycles. The first-order chi connectivity index (χ1) is 23.7. The second-order valence-electron chi connectivity index (χ2n) is 12.9. The van der Waals surface area contributed by atoms with Crippen molar-refractivity contribution in [1.82, 2.24) is 0 Å². The monoisotopic (exact) mass is 708 g/mol. The summed E-state index contributed by atoms with van der Waals surface area (Å²) in [5.74, 6) is -4.33. The van der Waals surface area contributed by atoms with Crippen LogP contribution in [-0.2, 0) is 77.8 Å². The molecule has 0 unspecified atom stereocenters. The van der Waals surface area contributed by atoms with Gasteiger partial charge in [0.05, 0.1) is 18.8 Å². The third-order valence-corrected chi connectivity index (χ3v) is 9.38. The standard InChI is InChI=1S/C35H48O15/c1-18-24(38)15-16-25(42-18)47-28-26(45-21(4)36)19(2)44-33(30(28)46-22(5)37)48-31-29-27(49-34(6,39-8)35(7,40-9)50-29)20(3)43-32(31)41-17-23-13-11-10-12-14-23/h10-16,18-20,25-33H,17H2,1-9H3/t18-,19-,20-,25-,26-,27-,28+,29+,30+,31+,32+,33-,34+,35+/m0/s1. The first-order valence-electron chi connectivity index (χ1n) is 16.6. The predicted molar refractivity (Wildman–Crippen MR) is 170 cm³/mol. The third kappa shape index (κ3) is 8.12. The van der Waals surface area contributed by atoms with E-state index in [0.29, 0.717) is 0 Å². The Kier molecular flexibility index (Phi) is 12.1. The molecule has 3 saturated heterocycles. The Bertz CT molecular complexity index is 1370. The van der Waals surface area contributed by atoms with Gasteiger partial charge in [0.1, 0.15) is 30.5 Å². The molecule has 4 heterocycles. The van der Waals surface area contributed by atoms with Crippen molar-refractivity contribution in [2.45, 2.75) is 140 Å². The Morgan fingerprint density at radius 3 is 1.94 bits per heavy atom. The van der Waals surface area contributed by atoms with E-state index in [1.807, 2.05) is 37.3 Å². The summed E-state index contributed by atoms with van der Waals surface area (Å²) in [6.45, 7) is 11.0. The molecule has 0 radical (unpaired) electrons. The van der Waals surface area contributed by atoms with Crippen molar-refractivity contribution in [3.8, 4) is 0 Å². The van der Waals surface area contributed by atoms with Crippen LogP contribution in [0.25, 0.3) is 0 Å². The minimum absolute atomic E-state index is 0.158. The molecule has 0 bridgehead atoms. The highest BCUT2D eigenvalue weighted by atomic mass is 16.8. The van der Waals surface area contributed by atoms with Gasteiger partial charge in [-0.25, -0.2) is 0 Å². The molecule has 15 heteroatoms. The first kappa shape index (κ1) is 38.4. The van der Waals surface area contributed by atoms with Crippen molar-refractivity contribution >= 4 is 17.7 Å². The highest BCUT2D eigenvalue weighted by molar-refractivity contribution is 5.93. The highest BCUT2D eigenvalue weighted by Gasteiger charge is 2.63. The molecule has 50 heavy (non-hydrogen) atoms. The molecule has 0 aromatic heterocycles. The van der Waals surface area contributed by atoms with E-state index in [-0.39, 0.29) is 12.4 Å². The summed E-state index contributed by atoms with van der Waals surface area (Å²) < 4.78 is 73.9. The van der Waals surface area contributed by atoms with Crippen molar-refractivity contribution in [2.75, 3.05) is 14.2 Å². The number of fused-ring (bicyclic) bond motifs is 1. The maximum Gasteiger partial charge on any atom is 0.303 e. The molecule has 0 spiro atoms. The molecule has 14 atom stereocenters. The fourth-order valence-electron chi connectivity index (χ4n) is 6.42. The van der Waals surface area contributed by atoms with E-state index in [1.165, 1.54) is 40.2 Å². The summed E-state index contributed by atoms with van der Waals surface area (Å²) in [4.78, 5) is 37.0. The summed E-state index contributed by atoms with van der Waals surface area (Å²) in [5, 5.41) is 0. The molecular weight excluding hydrogens is 660 g/mol. The van der Waals surface area contributed by atoms with Gasteiger partial charge in [-0.15, -0.1) is 0 Å². The molecule has 5 rings (SSSR count). The highest BCUT2D eigenvalue weighted by Crippen LogP contribution is 2.45. The number of ketones is 1. The summed E-state index contributed by atoms with van der Waals surface area (Å²) in [7, 11) is 2.95. The van der Waals surface area contributed by atoms with Gasteiger partial charge in [-0.1, -0.05) is 30.3 Å². The number of benzene rings is 1. The zero-order valence-electron chi connectivity index (χ0n) is 29.8. The third-order valence-electron chi connectivity index (χ3n) is 9.38. The molecule has 0 N–H and O–H groups in total. The molecule has 0 amide bonds. The molecule has 0 saturated carbocycles. The Balaban J connectivity index is 1.51. The maximum absolute atomic E-state index is 12.6. The van der Waals surface area contributed by atoms with Crippen molar-refractivity contribution in [3.05, 3.63) is 48.0 Å². The minimum Gasteiger partial charge on any atom is -0.457 e. The quantitative estimate of drug-likeness (QED) is 0.308. The molecule has 4 aliphatic rings. The lowest BCUT2D eigenvalue weighted by atomic mass is 9.93. The van der Waals surface area contributed by atoms with Gasteiger partial charge < -0.3 is 56.8 Å². The van der Waals surface area contributed by atoms with E-state index in [0.717, 1.165) is 5.56 Å². The summed E-state index contributed by atoms with van der Waals surface area (Å²) >= 11 is 0. The summed E-state index contributed by atoms with van der Waals surface area (Å²) in [6.07, 6.45) is -9.22. The van der Waals surface area contributed by atoms with Crippen LogP contribution in [0.2, 0.25) is 0 Å². The lowest BCUT2D eigenvalue weighted by molar-refractivity contribution is -0.485. The number of carbonyl (C=O) groups is 3. The number of hydrogen-bond donors (Lipinski definition) is 0. The van der Waals surface area contributed by atoms with E-state index >= 15 is 0 Å². The van der Waals surface area contributed by atoms with E-state index in [4.69, 9.17) is 56.8 Å². The Morgan fingerprint density at radius 1 is 0.740 bits per heavy atom. The van der Waals surface area contributed by atoms with Crippen LogP contribution < -0.4 is 0 Å². The molecule has 1 aromatic carbocycles. The van der Waals surface area contributed by atoms with Gasteiger partial charge in [0.25, 0.3) is 0 Å². The zero-order chi connectivity index (χ0) is 36.4. The van der Waals surface area contributed by atoms with Crippen LogP contribution >= 0.6 is 0 Å². The number of rotatable bonds is 11. The maximum atomic E-state index is 12.6. The molecule has 15 nitrogen and oxygen atoms in total.